The molecule has 0 heterocycles. The summed E-state index contributed by atoms with van der Waals surface area (Å²) in [5, 5.41) is 3.65. The van der Waals surface area contributed by atoms with Crippen LogP contribution in [0.3, 0.4) is 0 Å². The number of hydrogen-bond donors (Lipinski definition) is 1. The van der Waals surface area contributed by atoms with E-state index >= 15 is 0 Å². The third-order valence-corrected chi connectivity index (χ3v) is 3.93. The molecule has 27 heavy (non-hydrogen) atoms. The molecule has 0 fully saturated rings. The minimum Gasteiger partial charge on any atom is -0.345 e. The van der Waals surface area contributed by atoms with Crippen LogP contribution >= 0.6 is 0 Å². The van der Waals surface area contributed by atoms with Crippen molar-refractivity contribution in [3.63, 3.8) is 0 Å². The third kappa shape index (κ3) is 4.08. The summed E-state index contributed by atoms with van der Waals surface area (Å²) in [4.78, 5) is 1.99. The maximum absolute atomic E-state index is 13.5. The Hall–Kier alpha value is -3.35. The van der Waals surface area contributed by atoms with Crippen molar-refractivity contribution < 1.29 is 17.6 Å². The van der Waals surface area contributed by atoms with E-state index in [0.717, 1.165) is 11.4 Å². The number of nitrogens with zero attached hydrogens (tertiary/aromatic N) is 2. The predicted octanol–water partition coefficient (Wildman–Crippen LogP) is 5.46. The van der Waals surface area contributed by atoms with Crippen LogP contribution in [0.25, 0.3) is 0 Å². The summed E-state index contributed by atoms with van der Waals surface area (Å²) in [6, 6.07) is 17.1. The van der Waals surface area contributed by atoms with Gasteiger partial charge in [0.2, 0.25) is 0 Å². The Labute approximate surface area is 153 Å². The molecule has 0 spiro atoms. The van der Waals surface area contributed by atoms with Crippen LogP contribution in [0.5, 0.6) is 0 Å². The van der Waals surface area contributed by atoms with Crippen molar-refractivity contribution in [2.24, 2.45) is 5.10 Å². The number of hydrogen-bond acceptors (Lipinski definition) is 3. The van der Waals surface area contributed by atoms with E-state index in [1.165, 1.54) is 6.21 Å². The summed E-state index contributed by atoms with van der Waals surface area (Å²) in [6.45, 7) is 0. The molecule has 1 N–H and O–H groups in total. The monoisotopic (exact) mass is 373 g/mol. The summed E-state index contributed by atoms with van der Waals surface area (Å²) in [6.07, 6.45) is 1.29. The zero-order valence-electron chi connectivity index (χ0n) is 14.3. The number of halogens is 4. The highest BCUT2D eigenvalue weighted by Gasteiger charge is 2.18. The Morgan fingerprint density at radius 1 is 0.815 bits per heavy atom. The Morgan fingerprint density at radius 3 is 1.96 bits per heavy atom. The molecule has 138 valence electrons. The smallest absolute Gasteiger partial charge is 0.186 e. The van der Waals surface area contributed by atoms with Crippen LogP contribution in [0, 0.1) is 23.3 Å². The summed E-state index contributed by atoms with van der Waals surface area (Å²) in [5.74, 6) is -6.07. The molecule has 0 aliphatic rings. The molecule has 0 radical (unpaired) electrons. The standard InChI is InChI=1S/C20H15F4N3/c1-27(14-5-3-2-4-6-14)15-9-7-13(8-10-15)12-25-26-20-18(23)16(21)11-17(22)19(20)24/h2-12,26H,1H3. The lowest BCUT2D eigenvalue weighted by molar-refractivity contribution is 0.458. The molecular formula is C20H15F4N3. The Balaban J connectivity index is 1.72. The SMILES string of the molecule is CN(c1ccccc1)c1ccc(C=NNc2c(F)c(F)cc(F)c2F)cc1. The summed E-state index contributed by atoms with van der Waals surface area (Å²) < 4.78 is 53.4. The Bertz CT molecular complexity index is 931. The minimum atomic E-state index is -1.54. The van der Waals surface area contributed by atoms with Gasteiger partial charge in [-0.15, -0.1) is 0 Å². The van der Waals surface area contributed by atoms with Gasteiger partial charge in [0, 0.05) is 24.5 Å². The van der Waals surface area contributed by atoms with Gasteiger partial charge in [0.15, 0.2) is 23.3 Å². The van der Waals surface area contributed by atoms with Gasteiger partial charge in [-0.25, -0.2) is 17.6 Å². The first-order chi connectivity index (χ1) is 13.0. The Morgan fingerprint density at radius 2 is 1.37 bits per heavy atom. The quantitative estimate of drug-likeness (QED) is 0.278. The van der Waals surface area contributed by atoms with Crippen molar-refractivity contribution in [1.82, 2.24) is 0 Å². The van der Waals surface area contributed by atoms with Crippen LogP contribution in [0.1, 0.15) is 5.56 Å². The lowest BCUT2D eigenvalue weighted by Crippen LogP contribution is -2.08. The molecule has 3 aromatic carbocycles. The van der Waals surface area contributed by atoms with Gasteiger partial charge in [-0.2, -0.15) is 5.10 Å². The molecule has 0 amide bonds. The van der Waals surface area contributed by atoms with Gasteiger partial charge in [-0.3, -0.25) is 5.43 Å². The third-order valence-electron chi connectivity index (χ3n) is 3.93. The highest BCUT2D eigenvalue weighted by atomic mass is 19.2. The average molecular weight is 373 g/mol. The molecular weight excluding hydrogens is 358 g/mol. The second kappa shape index (κ2) is 7.90. The molecule has 0 atom stereocenters. The van der Waals surface area contributed by atoms with Crippen LogP contribution in [-0.2, 0) is 0 Å². The number of nitrogens with one attached hydrogen (secondary N) is 1. The lowest BCUT2D eigenvalue weighted by Gasteiger charge is -2.19. The fourth-order valence-electron chi connectivity index (χ4n) is 2.43. The second-order valence-corrected chi connectivity index (χ2v) is 5.70. The fourth-order valence-corrected chi connectivity index (χ4v) is 2.43. The molecule has 3 rings (SSSR count). The first-order valence-electron chi connectivity index (χ1n) is 7.98. The van der Waals surface area contributed by atoms with Crippen molar-refractivity contribution in [3.8, 4) is 0 Å². The van der Waals surface area contributed by atoms with E-state index in [1.807, 2.05) is 59.8 Å². The second-order valence-electron chi connectivity index (χ2n) is 5.70. The van der Waals surface area contributed by atoms with Crippen LogP contribution in [-0.4, -0.2) is 13.3 Å². The molecule has 3 aromatic rings. The highest BCUT2D eigenvalue weighted by molar-refractivity contribution is 5.81. The molecule has 7 heteroatoms. The average Bonchev–Trinajstić information content (AvgIpc) is 2.69. The van der Waals surface area contributed by atoms with Crippen LogP contribution in [0.2, 0.25) is 0 Å². The number of rotatable bonds is 5. The number of hydrazone groups is 1. The maximum Gasteiger partial charge on any atom is 0.186 e. The lowest BCUT2D eigenvalue weighted by atomic mass is 10.2. The van der Waals surface area contributed by atoms with E-state index in [0.29, 0.717) is 5.56 Å². The van der Waals surface area contributed by atoms with Crippen molar-refractivity contribution in [2.45, 2.75) is 0 Å². The van der Waals surface area contributed by atoms with Crippen molar-refractivity contribution in [2.75, 3.05) is 17.4 Å². The molecule has 0 saturated carbocycles. The first-order valence-corrected chi connectivity index (χ1v) is 7.98. The van der Waals surface area contributed by atoms with Gasteiger partial charge in [0.1, 0.15) is 5.69 Å². The first kappa shape index (κ1) is 18.4. The van der Waals surface area contributed by atoms with Crippen LogP contribution in [0.4, 0.5) is 34.6 Å². The molecule has 0 bridgehead atoms. The zero-order chi connectivity index (χ0) is 19.4. The van der Waals surface area contributed by atoms with E-state index in [4.69, 9.17) is 0 Å². The van der Waals surface area contributed by atoms with Crippen LogP contribution < -0.4 is 10.3 Å². The molecule has 3 nitrogen and oxygen atoms in total. The maximum atomic E-state index is 13.5. The molecule has 0 aliphatic carbocycles. The molecule has 0 saturated heterocycles. The number of para-hydroxylation sites is 1. The van der Waals surface area contributed by atoms with E-state index in [-0.39, 0.29) is 6.07 Å². The minimum absolute atomic E-state index is 0.140. The number of anilines is 3. The molecule has 0 aromatic heterocycles. The number of benzene rings is 3. The summed E-state index contributed by atoms with van der Waals surface area (Å²) in [7, 11) is 1.92. The van der Waals surface area contributed by atoms with E-state index < -0.39 is 29.0 Å². The highest BCUT2D eigenvalue weighted by Crippen LogP contribution is 2.25. The van der Waals surface area contributed by atoms with Gasteiger partial charge >= 0.3 is 0 Å². The van der Waals surface area contributed by atoms with E-state index in [2.05, 4.69) is 5.10 Å². The molecule has 0 aliphatic heterocycles. The van der Waals surface area contributed by atoms with Crippen molar-refractivity contribution in [1.29, 1.82) is 0 Å². The van der Waals surface area contributed by atoms with E-state index in [1.54, 1.807) is 12.1 Å². The van der Waals surface area contributed by atoms with Crippen molar-refractivity contribution in [3.05, 3.63) is 89.5 Å². The summed E-state index contributed by atoms with van der Waals surface area (Å²) >= 11 is 0. The van der Waals surface area contributed by atoms with Crippen LogP contribution in [0.15, 0.2) is 65.8 Å². The largest absolute Gasteiger partial charge is 0.345 e. The van der Waals surface area contributed by atoms with Crippen molar-refractivity contribution >= 4 is 23.3 Å². The van der Waals surface area contributed by atoms with Gasteiger partial charge in [-0.1, -0.05) is 30.3 Å². The summed E-state index contributed by atoms with van der Waals surface area (Å²) in [5.41, 5.74) is 3.59. The topological polar surface area (TPSA) is 27.6 Å². The normalized spacial score (nSPS) is 11.0. The van der Waals surface area contributed by atoms with Gasteiger partial charge in [-0.05, 0) is 29.8 Å². The van der Waals surface area contributed by atoms with Gasteiger partial charge < -0.3 is 4.90 Å². The fraction of sp³-hybridized carbons (Fsp3) is 0.0500. The molecule has 0 unspecified atom stereocenters. The zero-order valence-corrected chi connectivity index (χ0v) is 14.3. The van der Waals surface area contributed by atoms with E-state index in [9.17, 15) is 17.6 Å². The van der Waals surface area contributed by atoms with Gasteiger partial charge in [0.05, 0.1) is 6.21 Å². The Kier molecular flexibility index (Phi) is 5.40. The van der Waals surface area contributed by atoms with Gasteiger partial charge in [0.25, 0.3) is 0 Å². The predicted molar refractivity (Wildman–Crippen MR) is 98.4 cm³/mol.